The van der Waals surface area contributed by atoms with Crippen molar-refractivity contribution in [1.29, 1.82) is 0 Å². The number of benzene rings is 1. The maximum atomic E-state index is 12.8. The third-order valence-electron chi connectivity index (χ3n) is 2.67. The predicted molar refractivity (Wildman–Crippen MR) is 61.3 cm³/mol. The Bertz CT molecular complexity index is 383. The van der Waals surface area contributed by atoms with Crippen LogP contribution in [0.25, 0.3) is 5.57 Å². The minimum Gasteiger partial charge on any atom is -0.301 e. The molecule has 1 nitrogen and oxygen atoms in total. The number of hydrogen-bond acceptors (Lipinski definition) is 1. The molecule has 0 unspecified atom stereocenters. The van der Waals surface area contributed by atoms with Gasteiger partial charge in [-0.25, -0.2) is 4.39 Å². The molecule has 1 aromatic rings. The lowest BCUT2D eigenvalue weighted by atomic mass is 9.99. The monoisotopic (exact) mass is 225 g/mol. The van der Waals surface area contributed by atoms with E-state index in [4.69, 9.17) is 11.6 Å². The minimum atomic E-state index is -0.205. The molecule has 0 saturated heterocycles. The van der Waals surface area contributed by atoms with Crippen LogP contribution in [-0.4, -0.2) is 25.0 Å². The largest absolute Gasteiger partial charge is 0.301 e. The normalized spacial score (nSPS) is 18.3. The van der Waals surface area contributed by atoms with E-state index in [0.717, 1.165) is 35.7 Å². The van der Waals surface area contributed by atoms with Crippen molar-refractivity contribution in [1.82, 2.24) is 4.90 Å². The molecule has 0 aliphatic carbocycles. The van der Waals surface area contributed by atoms with Crippen molar-refractivity contribution < 1.29 is 4.39 Å². The Hall–Kier alpha value is -0.860. The smallest absolute Gasteiger partial charge is 0.123 e. The standard InChI is InChI=1S/C12H13ClFN/c1-15-7-6-11(12(13)8-15)9-2-4-10(14)5-3-9/h2-5H,6-8H2,1H3. The minimum absolute atomic E-state index is 0.205. The molecule has 80 valence electrons. The highest BCUT2D eigenvalue weighted by Gasteiger charge is 2.15. The van der Waals surface area contributed by atoms with E-state index in [2.05, 4.69) is 4.90 Å². The average molecular weight is 226 g/mol. The SMILES string of the molecule is CN1CCC(c2ccc(F)cc2)=C(Cl)C1. The van der Waals surface area contributed by atoms with Crippen LogP contribution in [0, 0.1) is 5.82 Å². The first-order chi connectivity index (χ1) is 7.16. The third-order valence-corrected chi connectivity index (χ3v) is 3.02. The zero-order valence-corrected chi connectivity index (χ0v) is 9.39. The van der Waals surface area contributed by atoms with Crippen molar-refractivity contribution in [2.75, 3.05) is 20.1 Å². The van der Waals surface area contributed by atoms with Crippen molar-refractivity contribution in [2.45, 2.75) is 6.42 Å². The Labute approximate surface area is 94.2 Å². The zero-order valence-electron chi connectivity index (χ0n) is 8.63. The second-order valence-electron chi connectivity index (χ2n) is 3.88. The van der Waals surface area contributed by atoms with Gasteiger partial charge in [-0.2, -0.15) is 0 Å². The number of likely N-dealkylation sites (N-methyl/N-ethyl adjacent to an activating group) is 1. The summed E-state index contributed by atoms with van der Waals surface area (Å²) in [6.07, 6.45) is 0.932. The molecule has 1 heterocycles. The van der Waals surface area contributed by atoms with E-state index in [0.29, 0.717) is 0 Å². The summed E-state index contributed by atoms with van der Waals surface area (Å²) in [6.45, 7) is 1.79. The van der Waals surface area contributed by atoms with E-state index in [9.17, 15) is 4.39 Å². The average Bonchev–Trinajstić information content (AvgIpc) is 2.20. The molecule has 0 spiro atoms. The van der Waals surface area contributed by atoms with Gasteiger partial charge in [-0.3, -0.25) is 0 Å². The first-order valence-corrected chi connectivity index (χ1v) is 5.36. The van der Waals surface area contributed by atoms with E-state index in [-0.39, 0.29) is 5.82 Å². The molecule has 0 radical (unpaired) electrons. The molecular weight excluding hydrogens is 213 g/mol. The molecule has 1 aliphatic heterocycles. The van der Waals surface area contributed by atoms with Crippen molar-refractivity contribution in [3.8, 4) is 0 Å². The van der Waals surface area contributed by atoms with Crippen molar-refractivity contribution in [3.63, 3.8) is 0 Å². The second-order valence-corrected chi connectivity index (χ2v) is 4.33. The van der Waals surface area contributed by atoms with Crippen LogP contribution < -0.4 is 0 Å². The van der Waals surface area contributed by atoms with Crippen LogP contribution in [-0.2, 0) is 0 Å². The second kappa shape index (κ2) is 4.33. The number of nitrogens with zero attached hydrogens (tertiary/aromatic N) is 1. The summed E-state index contributed by atoms with van der Waals surface area (Å²) >= 11 is 6.20. The van der Waals surface area contributed by atoms with E-state index < -0.39 is 0 Å². The van der Waals surface area contributed by atoms with Gasteiger partial charge < -0.3 is 4.90 Å². The summed E-state index contributed by atoms with van der Waals surface area (Å²) in [6, 6.07) is 6.53. The van der Waals surface area contributed by atoms with Gasteiger partial charge in [0.05, 0.1) is 0 Å². The van der Waals surface area contributed by atoms with Gasteiger partial charge in [-0.05, 0) is 36.7 Å². The fourth-order valence-corrected chi connectivity index (χ4v) is 2.21. The van der Waals surface area contributed by atoms with Gasteiger partial charge in [-0.15, -0.1) is 0 Å². The molecule has 1 aliphatic rings. The zero-order chi connectivity index (χ0) is 10.8. The third kappa shape index (κ3) is 2.39. The molecule has 0 amide bonds. The summed E-state index contributed by atoms with van der Waals surface area (Å²) in [5.74, 6) is -0.205. The summed E-state index contributed by atoms with van der Waals surface area (Å²) in [5, 5.41) is 0.871. The Morgan fingerprint density at radius 2 is 1.93 bits per heavy atom. The predicted octanol–water partition coefficient (Wildman–Crippen LogP) is 3.11. The van der Waals surface area contributed by atoms with Crippen molar-refractivity contribution >= 4 is 17.2 Å². The van der Waals surface area contributed by atoms with Crippen LogP contribution in [0.5, 0.6) is 0 Å². The van der Waals surface area contributed by atoms with Crippen LogP contribution in [0.15, 0.2) is 29.3 Å². The molecule has 2 rings (SSSR count). The summed E-state index contributed by atoms with van der Waals surface area (Å²) < 4.78 is 12.8. The van der Waals surface area contributed by atoms with Gasteiger partial charge in [-0.1, -0.05) is 23.7 Å². The quantitative estimate of drug-likeness (QED) is 0.710. The Kier molecular flexibility index (Phi) is 3.08. The fraction of sp³-hybridized carbons (Fsp3) is 0.333. The molecule has 0 aromatic heterocycles. The van der Waals surface area contributed by atoms with Gasteiger partial charge in [0.25, 0.3) is 0 Å². The van der Waals surface area contributed by atoms with Gasteiger partial charge in [0.1, 0.15) is 5.82 Å². The molecule has 0 bridgehead atoms. The van der Waals surface area contributed by atoms with Crippen LogP contribution in [0.1, 0.15) is 12.0 Å². The van der Waals surface area contributed by atoms with Gasteiger partial charge in [0, 0.05) is 18.1 Å². The molecule has 0 fully saturated rings. The lowest BCUT2D eigenvalue weighted by molar-refractivity contribution is 0.366. The topological polar surface area (TPSA) is 3.24 Å². The number of halogens is 2. The van der Waals surface area contributed by atoms with E-state index in [1.165, 1.54) is 12.1 Å². The Morgan fingerprint density at radius 3 is 2.53 bits per heavy atom. The van der Waals surface area contributed by atoms with Crippen LogP contribution in [0.4, 0.5) is 4.39 Å². The summed E-state index contributed by atoms with van der Waals surface area (Å²) in [7, 11) is 2.05. The first-order valence-electron chi connectivity index (χ1n) is 4.99. The van der Waals surface area contributed by atoms with Crippen molar-refractivity contribution in [2.24, 2.45) is 0 Å². The maximum Gasteiger partial charge on any atom is 0.123 e. The molecule has 3 heteroatoms. The fourth-order valence-electron chi connectivity index (χ4n) is 1.80. The molecule has 0 saturated carbocycles. The van der Waals surface area contributed by atoms with Crippen molar-refractivity contribution in [3.05, 3.63) is 40.7 Å². The number of rotatable bonds is 1. The summed E-state index contributed by atoms with van der Waals surface area (Å²) in [5.41, 5.74) is 2.18. The highest BCUT2D eigenvalue weighted by atomic mass is 35.5. The maximum absolute atomic E-state index is 12.8. The first kappa shape index (κ1) is 10.7. The highest BCUT2D eigenvalue weighted by molar-refractivity contribution is 6.33. The molecule has 0 atom stereocenters. The van der Waals surface area contributed by atoms with Crippen LogP contribution in [0.2, 0.25) is 0 Å². The molecule has 0 N–H and O–H groups in total. The number of hydrogen-bond donors (Lipinski definition) is 0. The van der Waals surface area contributed by atoms with E-state index in [1.54, 1.807) is 12.1 Å². The molecular formula is C12H13ClFN. The van der Waals surface area contributed by atoms with Gasteiger partial charge >= 0.3 is 0 Å². The Balaban J connectivity index is 2.30. The van der Waals surface area contributed by atoms with Gasteiger partial charge in [0.2, 0.25) is 0 Å². The lowest BCUT2D eigenvalue weighted by Crippen LogP contribution is -2.25. The molecule has 15 heavy (non-hydrogen) atoms. The highest BCUT2D eigenvalue weighted by Crippen LogP contribution is 2.28. The van der Waals surface area contributed by atoms with E-state index in [1.807, 2.05) is 7.05 Å². The molecule has 1 aromatic carbocycles. The lowest BCUT2D eigenvalue weighted by Gasteiger charge is -2.24. The van der Waals surface area contributed by atoms with Gasteiger partial charge in [0.15, 0.2) is 0 Å². The van der Waals surface area contributed by atoms with Crippen LogP contribution in [0.3, 0.4) is 0 Å². The van der Waals surface area contributed by atoms with E-state index >= 15 is 0 Å². The van der Waals surface area contributed by atoms with Crippen LogP contribution >= 0.6 is 11.6 Å². The Morgan fingerprint density at radius 1 is 1.27 bits per heavy atom. The summed E-state index contributed by atoms with van der Waals surface area (Å²) in [4.78, 5) is 2.18.